The Hall–Kier alpha value is -3.60. The lowest BCUT2D eigenvalue weighted by Gasteiger charge is -2.30. The fourth-order valence-corrected chi connectivity index (χ4v) is 5.17. The number of sulfonamides is 1. The fourth-order valence-electron chi connectivity index (χ4n) is 3.86. The van der Waals surface area contributed by atoms with Gasteiger partial charge in [-0.2, -0.15) is 5.10 Å². The van der Waals surface area contributed by atoms with Gasteiger partial charge >= 0.3 is 0 Å². The molecule has 0 saturated carbocycles. The summed E-state index contributed by atoms with van der Waals surface area (Å²) in [6, 6.07) is 11.7. The summed E-state index contributed by atoms with van der Waals surface area (Å²) in [4.78, 5) is 18.5. The first-order valence-corrected chi connectivity index (χ1v) is 12.6. The Kier molecular flexibility index (Phi) is 7.31. The predicted octanol–water partition coefficient (Wildman–Crippen LogP) is 3.11. The highest BCUT2D eigenvalue weighted by Gasteiger charge is 2.24. The van der Waals surface area contributed by atoms with Crippen LogP contribution in [0, 0.1) is 0 Å². The van der Waals surface area contributed by atoms with Crippen LogP contribution in [0.15, 0.2) is 60.0 Å². The van der Waals surface area contributed by atoms with Crippen molar-refractivity contribution in [1.29, 1.82) is 0 Å². The zero-order chi connectivity index (χ0) is 24.0. The van der Waals surface area contributed by atoms with Crippen molar-refractivity contribution < 1.29 is 17.9 Å². The molecule has 1 saturated heterocycles. The molecule has 1 aliphatic rings. The molecule has 0 spiro atoms. The molecule has 0 unspecified atom stereocenters. The van der Waals surface area contributed by atoms with Crippen molar-refractivity contribution >= 4 is 33.0 Å². The van der Waals surface area contributed by atoms with Gasteiger partial charge < -0.3 is 15.0 Å². The monoisotopic (exact) mass is 484 g/mol. The third-order valence-corrected chi connectivity index (χ3v) is 7.02. The van der Waals surface area contributed by atoms with Gasteiger partial charge in [-0.05, 0) is 61.7 Å². The van der Waals surface area contributed by atoms with E-state index in [2.05, 4.69) is 25.0 Å². The smallest absolute Gasteiger partial charge is 0.264 e. The number of amides is 1. The number of hydrogen-bond donors (Lipinski definition) is 2. The van der Waals surface area contributed by atoms with Crippen molar-refractivity contribution in [2.75, 3.05) is 35.1 Å². The van der Waals surface area contributed by atoms with E-state index in [0.717, 1.165) is 32.4 Å². The van der Waals surface area contributed by atoms with E-state index in [9.17, 15) is 13.2 Å². The number of nitrogens with zero attached hydrogens (tertiary/aromatic N) is 4. The Morgan fingerprint density at radius 3 is 2.47 bits per heavy atom. The molecule has 2 heterocycles. The Labute approximate surface area is 199 Å². The maximum atomic E-state index is 13.4. The van der Waals surface area contributed by atoms with Gasteiger partial charge in [0.25, 0.3) is 10.0 Å². The number of hydrogen-bond acceptors (Lipinski definition) is 7. The summed E-state index contributed by atoms with van der Waals surface area (Å²) < 4.78 is 36.2. The lowest BCUT2D eigenvalue weighted by atomic mass is 10.1. The molecule has 1 aromatic heterocycles. The van der Waals surface area contributed by atoms with E-state index >= 15 is 0 Å². The summed E-state index contributed by atoms with van der Waals surface area (Å²) in [7, 11) is -2.37. The Bertz CT molecular complexity index is 1210. The molecule has 3 aromatic rings. The summed E-state index contributed by atoms with van der Waals surface area (Å²) in [5.41, 5.74) is 1.47. The number of rotatable bonds is 9. The third kappa shape index (κ3) is 5.84. The van der Waals surface area contributed by atoms with Crippen LogP contribution in [-0.4, -0.2) is 49.3 Å². The van der Waals surface area contributed by atoms with Crippen LogP contribution in [0.1, 0.15) is 25.7 Å². The highest BCUT2D eigenvalue weighted by atomic mass is 32.2. The van der Waals surface area contributed by atoms with Gasteiger partial charge in [0.2, 0.25) is 5.91 Å². The number of piperidine rings is 1. The first-order chi connectivity index (χ1) is 16.4. The van der Waals surface area contributed by atoms with Crippen molar-refractivity contribution in [1.82, 2.24) is 14.8 Å². The van der Waals surface area contributed by atoms with Crippen LogP contribution in [0.2, 0.25) is 0 Å². The van der Waals surface area contributed by atoms with Crippen molar-refractivity contribution in [3.63, 3.8) is 0 Å². The number of aryl methyl sites for hydroxylation is 1. The lowest BCUT2D eigenvalue weighted by Crippen LogP contribution is -2.31. The normalized spacial score (nSPS) is 14.0. The number of carbonyl (C=O) groups excluding carboxylic acids is 1. The summed E-state index contributed by atoms with van der Waals surface area (Å²) in [5, 5.41) is 6.78. The molecule has 180 valence electrons. The fraction of sp³-hybridized carbons (Fsp3) is 0.348. The summed E-state index contributed by atoms with van der Waals surface area (Å²) in [5.74, 6) is 0.389. The average Bonchev–Trinajstić information content (AvgIpc) is 3.37. The standard InChI is InChI=1S/C23H28N6O4S/c1-33-20-8-5-18(6-9-20)27-34(31,32)22-15-19(7-10-21(22)28-12-3-2-4-13-28)26-23(30)11-14-29-17-24-16-25-29/h5-10,15-17,27H,2-4,11-14H2,1H3,(H,26,30). The molecule has 34 heavy (non-hydrogen) atoms. The van der Waals surface area contributed by atoms with Gasteiger partial charge in [-0.1, -0.05) is 0 Å². The lowest BCUT2D eigenvalue weighted by molar-refractivity contribution is -0.116. The van der Waals surface area contributed by atoms with Crippen LogP contribution in [0.4, 0.5) is 17.1 Å². The summed E-state index contributed by atoms with van der Waals surface area (Å²) >= 11 is 0. The third-order valence-electron chi connectivity index (χ3n) is 5.61. The Morgan fingerprint density at radius 2 is 1.79 bits per heavy atom. The van der Waals surface area contributed by atoms with Gasteiger partial charge in [0.1, 0.15) is 23.3 Å². The average molecular weight is 485 g/mol. The molecule has 2 N–H and O–H groups in total. The van der Waals surface area contributed by atoms with Gasteiger partial charge in [0.15, 0.2) is 0 Å². The van der Waals surface area contributed by atoms with Crippen LogP contribution < -0.4 is 19.7 Å². The van der Waals surface area contributed by atoms with Crippen molar-refractivity contribution in [2.45, 2.75) is 37.1 Å². The number of methoxy groups -OCH3 is 1. The Balaban J connectivity index is 1.58. The van der Waals surface area contributed by atoms with Crippen molar-refractivity contribution in [3.8, 4) is 5.75 Å². The molecule has 0 radical (unpaired) electrons. The minimum Gasteiger partial charge on any atom is -0.497 e. The van der Waals surface area contributed by atoms with Gasteiger partial charge in [-0.25, -0.2) is 13.4 Å². The number of benzene rings is 2. The van der Waals surface area contributed by atoms with Crippen molar-refractivity contribution in [3.05, 3.63) is 55.1 Å². The second-order valence-electron chi connectivity index (χ2n) is 8.02. The number of anilines is 3. The molecule has 0 atom stereocenters. The molecular formula is C23H28N6O4S. The quantitative estimate of drug-likeness (QED) is 0.479. The SMILES string of the molecule is COc1ccc(NS(=O)(=O)c2cc(NC(=O)CCn3cncn3)ccc2N2CCCCC2)cc1. The van der Waals surface area contributed by atoms with E-state index in [-0.39, 0.29) is 17.2 Å². The molecule has 0 aliphatic carbocycles. The minimum atomic E-state index is -3.93. The molecule has 1 amide bonds. The van der Waals surface area contributed by atoms with E-state index < -0.39 is 10.0 Å². The molecule has 1 fully saturated rings. The molecule has 11 heteroatoms. The van der Waals surface area contributed by atoms with E-state index in [1.165, 1.54) is 18.7 Å². The van der Waals surface area contributed by atoms with Crippen LogP contribution >= 0.6 is 0 Å². The molecular weight excluding hydrogens is 456 g/mol. The van der Waals surface area contributed by atoms with Gasteiger partial charge in [0, 0.05) is 30.9 Å². The summed E-state index contributed by atoms with van der Waals surface area (Å²) in [6.07, 6.45) is 6.27. The van der Waals surface area contributed by atoms with Crippen LogP contribution in [0.3, 0.4) is 0 Å². The van der Waals surface area contributed by atoms with Crippen molar-refractivity contribution in [2.24, 2.45) is 0 Å². The van der Waals surface area contributed by atoms with E-state index in [0.29, 0.717) is 29.4 Å². The van der Waals surface area contributed by atoms with E-state index in [1.807, 2.05) is 0 Å². The van der Waals surface area contributed by atoms with Gasteiger partial charge in [-0.15, -0.1) is 0 Å². The Morgan fingerprint density at radius 1 is 1.06 bits per heavy atom. The highest BCUT2D eigenvalue weighted by molar-refractivity contribution is 7.92. The maximum Gasteiger partial charge on any atom is 0.264 e. The number of carbonyl (C=O) groups is 1. The molecule has 2 aromatic carbocycles. The van der Waals surface area contributed by atoms with Crippen LogP contribution in [-0.2, 0) is 21.4 Å². The molecule has 0 bridgehead atoms. The second-order valence-corrected chi connectivity index (χ2v) is 9.67. The molecule has 1 aliphatic heterocycles. The zero-order valence-corrected chi connectivity index (χ0v) is 19.8. The van der Waals surface area contributed by atoms with E-state index in [4.69, 9.17) is 4.74 Å². The topological polar surface area (TPSA) is 118 Å². The molecule has 10 nitrogen and oxygen atoms in total. The highest BCUT2D eigenvalue weighted by Crippen LogP contribution is 2.32. The molecule has 4 rings (SSSR count). The summed E-state index contributed by atoms with van der Waals surface area (Å²) in [6.45, 7) is 1.95. The van der Waals surface area contributed by atoms with Crippen LogP contribution in [0.25, 0.3) is 0 Å². The zero-order valence-electron chi connectivity index (χ0n) is 19.0. The first kappa shape index (κ1) is 23.6. The van der Waals surface area contributed by atoms with Gasteiger partial charge in [0.05, 0.1) is 19.3 Å². The predicted molar refractivity (Wildman–Crippen MR) is 130 cm³/mol. The maximum absolute atomic E-state index is 13.4. The van der Waals surface area contributed by atoms with Crippen LogP contribution in [0.5, 0.6) is 5.75 Å². The first-order valence-electron chi connectivity index (χ1n) is 11.1. The van der Waals surface area contributed by atoms with Gasteiger partial charge in [-0.3, -0.25) is 14.2 Å². The second kappa shape index (κ2) is 10.6. The number of nitrogens with one attached hydrogen (secondary N) is 2. The largest absolute Gasteiger partial charge is 0.497 e. The minimum absolute atomic E-state index is 0.124. The van der Waals surface area contributed by atoms with E-state index in [1.54, 1.807) is 48.2 Å². The number of ether oxygens (including phenoxy) is 1. The number of aromatic nitrogens is 3.